The molecule has 0 N–H and O–H groups in total. The first-order valence-electron chi connectivity index (χ1n) is 10.8. The lowest BCUT2D eigenvalue weighted by Gasteiger charge is -2.55. The molecule has 1 aromatic rings. The molecule has 0 unspecified atom stereocenters. The molecule has 0 radical (unpaired) electrons. The quantitative estimate of drug-likeness (QED) is 0.767. The fraction of sp³-hybridized carbons (Fsp3) is 0.696. The van der Waals surface area contributed by atoms with E-state index in [0.717, 1.165) is 44.1 Å². The van der Waals surface area contributed by atoms with Gasteiger partial charge >= 0.3 is 0 Å². The highest BCUT2D eigenvalue weighted by atomic mass is 16.7. The lowest BCUT2D eigenvalue weighted by molar-refractivity contribution is -0.585. The molecule has 3 atom stereocenters. The minimum Gasteiger partial charge on any atom is -0.497 e. The van der Waals surface area contributed by atoms with Crippen molar-refractivity contribution >= 4 is 6.21 Å². The third-order valence-electron chi connectivity index (χ3n) is 7.97. The summed E-state index contributed by atoms with van der Waals surface area (Å²) >= 11 is 0. The van der Waals surface area contributed by atoms with Gasteiger partial charge in [-0.15, -0.1) is 0 Å². The van der Waals surface area contributed by atoms with Crippen molar-refractivity contribution in [2.24, 2.45) is 11.8 Å². The molecule has 1 spiro atoms. The molecule has 2 heterocycles. The van der Waals surface area contributed by atoms with Gasteiger partial charge in [0.2, 0.25) is 0 Å². The average molecular weight is 368 g/mol. The SMILES string of the molecule is COc1ccc2c(c1)[C@]13CC=[N+](CC4CC4)[C@H](C2)[C@@H]1CCC1(C3)OCCO1. The molecule has 1 aromatic carbocycles. The number of hydrogen-bond donors (Lipinski definition) is 0. The minimum absolute atomic E-state index is 0.134. The largest absolute Gasteiger partial charge is 0.497 e. The molecule has 2 aliphatic heterocycles. The first kappa shape index (κ1) is 16.6. The number of ether oxygens (including phenoxy) is 3. The molecule has 3 fully saturated rings. The van der Waals surface area contributed by atoms with Crippen LogP contribution in [0.25, 0.3) is 0 Å². The summed E-state index contributed by atoms with van der Waals surface area (Å²) in [5.74, 6) is 2.25. The van der Waals surface area contributed by atoms with Gasteiger partial charge in [0.25, 0.3) is 0 Å². The number of benzene rings is 1. The predicted octanol–water partition coefficient (Wildman–Crippen LogP) is 3.30. The number of nitrogens with zero attached hydrogens (tertiary/aromatic N) is 1. The van der Waals surface area contributed by atoms with E-state index in [4.69, 9.17) is 14.2 Å². The molecule has 144 valence electrons. The molecule has 0 amide bonds. The number of fused-ring (bicyclic) bond motifs is 1. The highest BCUT2D eigenvalue weighted by Crippen LogP contribution is 2.58. The lowest BCUT2D eigenvalue weighted by atomic mass is 9.52. The van der Waals surface area contributed by atoms with Gasteiger partial charge in [-0.2, -0.15) is 0 Å². The molecule has 3 aliphatic carbocycles. The first-order valence-corrected chi connectivity index (χ1v) is 10.8. The van der Waals surface area contributed by atoms with Crippen LogP contribution in [0.5, 0.6) is 5.75 Å². The van der Waals surface area contributed by atoms with Crippen LogP contribution >= 0.6 is 0 Å². The third-order valence-corrected chi connectivity index (χ3v) is 7.97. The summed E-state index contributed by atoms with van der Waals surface area (Å²) in [6, 6.07) is 7.41. The van der Waals surface area contributed by atoms with E-state index >= 15 is 0 Å². The van der Waals surface area contributed by atoms with Crippen molar-refractivity contribution in [3.05, 3.63) is 29.3 Å². The van der Waals surface area contributed by atoms with Gasteiger partial charge in [0, 0.05) is 42.9 Å². The first-order chi connectivity index (χ1) is 13.2. The van der Waals surface area contributed by atoms with E-state index in [-0.39, 0.29) is 11.2 Å². The molecule has 4 nitrogen and oxygen atoms in total. The number of methoxy groups -OCH3 is 1. The summed E-state index contributed by atoms with van der Waals surface area (Å²) in [7, 11) is 1.78. The Hall–Kier alpha value is -1.39. The molecule has 6 rings (SSSR count). The van der Waals surface area contributed by atoms with E-state index in [0.29, 0.717) is 12.0 Å². The van der Waals surface area contributed by atoms with Crippen LogP contribution in [0.1, 0.15) is 49.7 Å². The van der Waals surface area contributed by atoms with Crippen LogP contribution in [0, 0.1) is 11.8 Å². The summed E-state index contributed by atoms with van der Waals surface area (Å²) in [5, 5.41) is 0. The van der Waals surface area contributed by atoms with E-state index in [2.05, 4.69) is 29.0 Å². The van der Waals surface area contributed by atoms with Crippen molar-refractivity contribution in [1.82, 2.24) is 0 Å². The monoisotopic (exact) mass is 368 g/mol. The average Bonchev–Trinajstić information content (AvgIpc) is 3.41. The molecule has 0 aromatic heterocycles. The van der Waals surface area contributed by atoms with Gasteiger partial charge in [-0.25, -0.2) is 4.58 Å². The van der Waals surface area contributed by atoms with Crippen molar-refractivity contribution in [1.29, 1.82) is 0 Å². The van der Waals surface area contributed by atoms with E-state index in [1.165, 1.54) is 43.4 Å². The van der Waals surface area contributed by atoms with Crippen LogP contribution in [0.3, 0.4) is 0 Å². The van der Waals surface area contributed by atoms with Crippen LogP contribution < -0.4 is 4.74 Å². The topological polar surface area (TPSA) is 30.7 Å². The van der Waals surface area contributed by atoms with E-state index < -0.39 is 0 Å². The standard InChI is InChI=1S/C23H30NO3/c1-25-18-5-4-17-12-21-19-6-7-23(26-10-11-27-23)15-22(19,20(17)13-18)8-9-24(21)14-16-2-3-16/h4-5,9,13,16,19,21H,2-3,6-8,10-12,14-15H2,1H3/q+1/t19-,21+,22-/m0/s1. The summed E-state index contributed by atoms with van der Waals surface area (Å²) in [5.41, 5.74) is 3.15. The van der Waals surface area contributed by atoms with Gasteiger partial charge in [0.05, 0.1) is 20.3 Å². The Morgan fingerprint density at radius 3 is 2.81 bits per heavy atom. The Labute approximate surface area is 161 Å². The Morgan fingerprint density at radius 2 is 2.04 bits per heavy atom. The molecule has 2 saturated carbocycles. The summed E-state index contributed by atoms with van der Waals surface area (Å²) < 4.78 is 20.8. The van der Waals surface area contributed by atoms with E-state index in [9.17, 15) is 0 Å². The minimum atomic E-state index is -0.356. The fourth-order valence-electron chi connectivity index (χ4n) is 6.55. The molecule has 4 heteroatoms. The van der Waals surface area contributed by atoms with Crippen molar-refractivity contribution in [2.75, 3.05) is 26.9 Å². The van der Waals surface area contributed by atoms with Crippen molar-refractivity contribution in [2.45, 2.75) is 62.2 Å². The van der Waals surface area contributed by atoms with Crippen molar-refractivity contribution in [3.63, 3.8) is 0 Å². The maximum Gasteiger partial charge on any atom is 0.169 e. The third kappa shape index (κ3) is 2.45. The molecular weight excluding hydrogens is 338 g/mol. The lowest BCUT2D eigenvalue weighted by Crippen LogP contribution is -2.61. The van der Waals surface area contributed by atoms with Crippen molar-refractivity contribution in [3.8, 4) is 5.75 Å². The van der Waals surface area contributed by atoms with Gasteiger partial charge in [-0.3, -0.25) is 0 Å². The maximum atomic E-state index is 6.21. The fourth-order valence-corrected chi connectivity index (χ4v) is 6.55. The molecule has 5 aliphatic rings. The van der Waals surface area contributed by atoms with Gasteiger partial charge in [-0.1, -0.05) is 6.07 Å². The Kier molecular flexibility index (Phi) is 3.56. The second-order valence-corrected chi connectivity index (χ2v) is 9.41. The maximum absolute atomic E-state index is 6.21. The van der Waals surface area contributed by atoms with Crippen LogP contribution in [0.2, 0.25) is 0 Å². The number of rotatable bonds is 3. The van der Waals surface area contributed by atoms with Crippen LogP contribution in [0.15, 0.2) is 18.2 Å². The summed E-state index contributed by atoms with van der Waals surface area (Å²) in [6.07, 6.45) is 10.9. The van der Waals surface area contributed by atoms with Gasteiger partial charge in [0.15, 0.2) is 11.8 Å². The van der Waals surface area contributed by atoms with Crippen LogP contribution in [-0.4, -0.2) is 49.5 Å². The zero-order valence-electron chi connectivity index (χ0n) is 16.3. The second kappa shape index (κ2) is 5.81. The number of hydrogen-bond acceptors (Lipinski definition) is 3. The highest BCUT2D eigenvalue weighted by Gasteiger charge is 2.62. The highest BCUT2D eigenvalue weighted by molar-refractivity contribution is 5.60. The predicted molar refractivity (Wildman–Crippen MR) is 103 cm³/mol. The van der Waals surface area contributed by atoms with Crippen molar-refractivity contribution < 1.29 is 18.8 Å². The Bertz CT molecular complexity index is 793. The Balaban J connectivity index is 1.47. The molecular formula is C23H30NO3+. The Morgan fingerprint density at radius 1 is 1.19 bits per heavy atom. The van der Waals surface area contributed by atoms with E-state index in [1.807, 2.05) is 0 Å². The van der Waals surface area contributed by atoms with Gasteiger partial charge < -0.3 is 14.2 Å². The van der Waals surface area contributed by atoms with Crippen LogP contribution in [-0.2, 0) is 21.3 Å². The molecule has 1 saturated heterocycles. The summed E-state index contributed by atoms with van der Waals surface area (Å²) in [4.78, 5) is 0. The zero-order chi connectivity index (χ0) is 18.1. The second-order valence-electron chi connectivity index (χ2n) is 9.41. The normalized spacial score (nSPS) is 36.1. The smallest absolute Gasteiger partial charge is 0.169 e. The van der Waals surface area contributed by atoms with Gasteiger partial charge in [0.1, 0.15) is 18.5 Å². The summed E-state index contributed by atoms with van der Waals surface area (Å²) in [6.45, 7) is 2.75. The van der Waals surface area contributed by atoms with Gasteiger partial charge in [-0.05, 0) is 42.5 Å². The molecule has 2 bridgehead atoms. The zero-order valence-corrected chi connectivity index (χ0v) is 16.3. The van der Waals surface area contributed by atoms with Crippen LogP contribution in [0.4, 0.5) is 0 Å². The van der Waals surface area contributed by atoms with E-state index in [1.54, 1.807) is 7.11 Å². The molecule has 27 heavy (non-hydrogen) atoms.